The number of amides is 2. The van der Waals surface area contributed by atoms with E-state index in [1.165, 1.54) is 16.9 Å². The Labute approximate surface area is 225 Å². The molecule has 2 fully saturated rings. The van der Waals surface area contributed by atoms with Gasteiger partial charge in [-0.1, -0.05) is 29.8 Å². The number of thiazole rings is 1. The number of hydrogen-bond donors (Lipinski definition) is 4. The highest BCUT2D eigenvalue weighted by Crippen LogP contribution is 2.28. The van der Waals surface area contributed by atoms with Crippen molar-refractivity contribution in [1.82, 2.24) is 30.5 Å². The molecule has 2 aromatic heterocycles. The molecule has 11 nitrogen and oxygen atoms in total. The van der Waals surface area contributed by atoms with E-state index >= 15 is 0 Å². The van der Waals surface area contributed by atoms with E-state index < -0.39 is 5.91 Å². The fourth-order valence-corrected chi connectivity index (χ4v) is 5.38. The van der Waals surface area contributed by atoms with E-state index in [9.17, 15) is 9.59 Å². The van der Waals surface area contributed by atoms with E-state index in [2.05, 4.69) is 30.6 Å². The first kappa shape index (κ1) is 24.4. The van der Waals surface area contributed by atoms with Crippen LogP contribution in [0.15, 0.2) is 34.6 Å². The highest BCUT2D eigenvalue weighted by molar-refractivity contribution is 14.1. The summed E-state index contributed by atoms with van der Waals surface area (Å²) in [4.78, 5) is 44.3. The molecule has 3 aromatic rings. The number of rotatable bonds is 3. The third-order valence-electron chi connectivity index (χ3n) is 6.33. The summed E-state index contributed by atoms with van der Waals surface area (Å²) in [6, 6.07) is 8.11. The molecule has 0 radical (unpaired) electrons. The number of halogens is 1. The number of piperidine rings is 1. The van der Waals surface area contributed by atoms with E-state index in [1.54, 1.807) is 0 Å². The smallest absolute Gasteiger partial charge is 0.302 e. The number of hydrogen-bond acceptors (Lipinski definition) is 8. The fraction of sp³-hybridized carbons (Fsp3) is 0.304. The third kappa shape index (κ3) is 4.84. The van der Waals surface area contributed by atoms with Crippen molar-refractivity contribution < 1.29 is 9.59 Å². The van der Waals surface area contributed by atoms with Crippen LogP contribution in [0, 0.1) is 10.6 Å². The van der Waals surface area contributed by atoms with Gasteiger partial charge in [-0.15, -0.1) is 11.3 Å². The Hall–Kier alpha value is -3.33. The summed E-state index contributed by atoms with van der Waals surface area (Å²) >= 11 is 3.36. The van der Waals surface area contributed by atoms with Crippen molar-refractivity contribution in [3.05, 3.63) is 50.3 Å². The lowest BCUT2D eigenvalue weighted by Crippen LogP contribution is -2.53. The molecule has 0 atom stereocenters. The van der Waals surface area contributed by atoms with Crippen molar-refractivity contribution in [2.45, 2.75) is 25.3 Å². The Balaban J connectivity index is 1.21. The van der Waals surface area contributed by atoms with Gasteiger partial charge in [0.25, 0.3) is 5.91 Å². The highest BCUT2D eigenvalue weighted by Gasteiger charge is 2.41. The zero-order valence-electron chi connectivity index (χ0n) is 19.4. The largest absolute Gasteiger partial charge is 0.382 e. The second-order valence-corrected chi connectivity index (χ2v) is 10.7. The van der Waals surface area contributed by atoms with Gasteiger partial charge in [-0.25, -0.2) is 15.0 Å². The molecular formula is C23H24IN9O2S. The van der Waals surface area contributed by atoms with E-state index in [0.717, 1.165) is 10.6 Å². The van der Waals surface area contributed by atoms with E-state index in [1.807, 2.05) is 64.1 Å². The molecule has 2 aliphatic rings. The van der Waals surface area contributed by atoms with Crippen LogP contribution >= 0.6 is 33.9 Å². The average Bonchev–Trinajstić information content (AvgIpc) is 3.50. The predicted octanol–water partition coefficient (Wildman–Crippen LogP) is 2.04. The molecule has 2 aliphatic heterocycles. The summed E-state index contributed by atoms with van der Waals surface area (Å²) in [6.07, 6.45) is 1.41. The molecule has 13 heteroatoms. The molecule has 2 saturated heterocycles. The molecule has 0 saturated carbocycles. The average molecular weight is 617 g/mol. The van der Waals surface area contributed by atoms with Gasteiger partial charge in [-0.2, -0.15) is 4.99 Å². The first-order valence-corrected chi connectivity index (χ1v) is 13.2. The molecular weight excluding hydrogens is 593 g/mol. The first-order chi connectivity index (χ1) is 17.2. The number of guanidine groups is 1. The summed E-state index contributed by atoms with van der Waals surface area (Å²) in [5.74, 6) is -0.213. The molecule has 1 spiro atoms. The van der Waals surface area contributed by atoms with Gasteiger partial charge in [0.15, 0.2) is 23.3 Å². The Morgan fingerprint density at radius 2 is 1.83 bits per heavy atom. The van der Waals surface area contributed by atoms with Crippen LogP contribution in [0.3, 0.4) is 0 Å². The number of aliphatic imine (C=N–C) groups is 1. The van der Waals surface area contributed by atoms with Gasteiger partial charge in [-0.05, 0) is 42.4 Å². The van der Waals surface area contributed by atoms with Crippen molar-refractivity contribution >= 4 is 63.3 Å². The second kappa shape index (κ2) is 9.61. The van der Waals surface area contributed by atoms with Crippen molar-refractivity contribution in [3.63, 3.8) is 0 Å². The maximum absolute atomic E-state index is 13.1. The number of anilines is 2. The SMILES string of the molecule is Cc1ccc(-c2nc(C(=O)N3CCC4(CC3)CN/C(=N\C(=O)c3nc(I)c(N)nc3N)N4)cs2)cc1. The van der Waals surface area contributed by atoms with Crippen LogP contribution < -0.4 is 22.1 Å². The predicted molar refractivity (Wildman–Crippen MR) is 147 cm³/mol. The molecule has 186 valence electrons. The van der Waals surface area contributed by atoms with Gasteiger partial charge < -0.3 is 27.0 Å². The van der Waals surface area contributed by atoms with Gasteiger partial charge in [0, 0.05) is 30.6 Å². The van der Waals surface area contributed by atoms with Crippen LogP contribution in [0.5, 0.6) is 0 Å². The fourth-order valence-electron chi connectivity index (χ4n) is 4.22. The number of nitrogens with zero attached hydrogens (tertiary/aromatic N) is 5. The molecule has 1 aromatic carbocycles. The van der Waals surface area contributed by atoms with Crippen LogP contribution in [-0.4, -0.2) is 62.8 Å². The summed E-state index contributed by atoms with van der Waals surface area (Å²) in [7, 11) is 0. The zero-order chi connectivity index (χ0) is 25.4. The number of carbonyl (C=O) groups excluding carboxylic acids is 2. The Morgan fingerprint density at radius 1 is 1.11 bits per heavy atom. The summed E-state index contributed by atoms with van der Waals surface area (Å²) in [5, 5.41) is 9.14. The number of aryl methyl sites for hydroxylation is 1. The molecule has 0 aliphatic carbocycles. The van der Waals surface area contributed by atoms with Gasteiger partial charge >= 0.3 is 5.91 Å². The van der Waals surface area contributed by atoms with Crippen LogP contribution in [0.4, 0.5) is 11.6 Å². The Kier molecular flexibility index (Phi) is 6.51. The molecule has 4 heterocycles. The summed E-state index contributed by atoms with van der Waals surface area (Å²) in [6.45, 7) is 3.77. The quantitative estimate of drug-likeness (QED) is 0.322. The van der Waals surface area contributed by atoms with E-state index in [0.29, 0.717) is 47.8 Å². The van der Waals surface area contributed by atoms with E-state index in [4.69, 9.17) is 11.5 Å². The summed E-state index contributed by atoms with van der Waals surface area (Å²) < 4.78 is 0.386. The van der Waals surface area contributed by atoms with Gasteiger partial charge in [0.05, 0.1) is 5.54 Å². The monoisotopic (exact) mass is 617 g/mol. The Morgan fingerprint density at radius 3 is 2.56 bits per heavy atom. The van der Waals surface area contributed by atoms with Crippen LogP contribution in [0.1, 0.15) is 39.4 Å². The lowest BCUT2D eigenvalue weighted by molar-refractivity contribution is 0.0664. The molecule has 0 bridgehead atoms. The number of carbonyl (C=O) groups is 2. The second-order valence-electron chi connectivity index (χ2n) is 8.85. The molecule has 5 rings (SSSR count). The number of benzene rings is 1. The van der Waals surface area contributed by atoms with Gasteiger partial charge in [0.1, 0.15) is 14.4 Å². The number of nitrogens with two attached hydrogens (primary N) is 2. The number of nitrogen functional groups attached to an aromatic ring is 2. The van der Waals surface area contributed by atoms with Crippen molar-refractivity contribution in [2.75, 3.05) is 31.1 Å². The van der Waals surface area contributed by atoms with Crippen LogP contribution in [0.2, 0.25) is 0 Å². The van der Waals surface area contributed by atoms with Crippen LogP contribution in [-0.2, 0) is 0 Å². The van der Waals surface area contributed by atoms with Crippen molar-refractivity contribution in [2.24, 2.45) is 4.99 Å². The molecule has 6 N–H and O–H groups in total. The molecule has 0 unspecified atom stereocenters. The maximum atomic E-state index is 13.1. The van der Waals surface area contributed by atoms with E-state index in [-0.39, 0.29) is 28.8 Å². The minimum atomic E-state index is -0.606. The van der Waals surface area contributed by atoms with Crippen LogP contribution in [0.25, 0.3) is 10.6 Å². The maximum Gasteiger partial charge on any atom is 0.302 e. The molecule has 2 amide bonds. The van der Waals surface area contributed by atoms with Gasteiger partial charge in [-0.3, -0.25) is 9.59 Å². The lowest BCUT2D eigenvalue weighted by Gasteiger charge is -2.38. The topological polar surface area (TPSA) is 165 Å². The lowest BCUT2D eigenvalue weighted by atomic mass is 9.88. The highest BCUT2D eigenvalue weighted by atomic mass is 127. The Bertz CT molecular complexity index is 1360. The minimum Gasteiger partial charge on any atom is -0.382 e. The number of nitrogens with one attached hydrogen (secondary N) is 2. The first-order valence-electron chi connectivity index (χ1n) is 11.3. The van der Waals surface area contributed by atoms with Gasteiger partial charge in [0.2, 0.25) is 0 Å². The standard InChI is InChI=1S/C23H24IN9O2S/c1-12-2-4-13(5-3-12)20-28-14(10-36-20)21(35)33-8-6-23(7-9-33)11-27-22(32-23)31-19(34)15-17(25)30-18(26)16(24)29-15/h2-5,10H,6-9,11H2,1H3,(H4,25,26,30)(H2,27,31,32,34). The molecule has 36 heavy (non-hydrogen) atoms. The van der Waals surface area contributed by atoms with Crippen molar-refractivity contribution in [3.8, 4) is 10.6 Å². The van der Waals surface area contributed by atoms with Crippen molar-refractivity contribution in [1.29, 1.82) is 0 Å². The zero-order valence-corrected chi connectivity index (χ0v) is 22.4. The minimum absolute atomic E-state index is 0.0423. The number of likely N-dealkylation sites (tertiary alicyclic amines) is 1. The summed E-state index contributed by atoms with van der Waals surface area (Å²) in [5.41, 5.74) is 13.8. The normalized spacial score (nSPS) is 17.7. The third-order valence-corrected chi connectivity index (χ3v) is 8.01. The number of aromatic nitrogens is 3.